The van der Waals surface area contributed by atoms with E-state index >= 15 is 0 Å². The molecule has 4 rings (SSSR count). The van der Waals surface area contributed by atoms with Crippen LogP contribution in [0, 0.1) is 23.2 Å². The van der Waals surface area contributed by atoms with Gasteiger partial charge in [0.15, 0.2) is 6.29 Å². The van der Waals surface area contributed by atoms with E-state index in [0.29, 0.717) is 11.8 Å². The SMILES string of the molecule is COC(OC)C(C)NC(=O)CC12CC3CC(CC(C3)C1)C2. The van der Waals surface area contributed by atoms with Crippen LogP contribution in [0.25, 0.3) is 0 Å². The average Bonchev–Trinajstić information content (AvgIpc) is 2.37. The van der Waals surface area contributed by atoms with Crippen LogP contribution in [-0.4, -0.2) is 32.5 Å². The Morgan fingerprint density at radius 2 is 1.57 bits per heavy atom. The summed E-state index contributed by atoms with van der Waals surface area (Å²) < 4.78 is 10.4. The van der Waals surface area contributed by atoms with E-state index in [0.717, 1.165) is 17.8 Å². The first kappa shape index (κ1) is 15.3. The molecule has 4 saturated carbocycles. The third-order valence-electron chi connectivity index (χ3n) is 5.96. The van der Waals surface area contributed by atoms with E-state index in [1.54, 1.807) is 14.2 Å². The van der Waals surface area contributed by atoms with Crippen molar-refractivity contribution in [2.45, 2.75) is 64.2 Å². The molecular weight excluding hydrogens is 266 g/mol. The summed E-state index contributed by atoms with van der Waals surface area (Å²) in [5.41, 5.74) is 0.300. The zero-order valence-corrected chi connectivity index (χ0v) is 13.6. The highest BCUT2D eigenvalue weighted by Crippen LogP contribution is 2.61. The van der Waals surface area contributed by atoms with E-state index in [-0.39, 0.29) is 18.2 Å². The second-order valence-corrected chi connectivity index (χ2v) is 7.79. The third-order valence-corrected chi connectivity index (χ3v) is 5.96. The predicted octanol–water partition coefficient (Wildman–Crippen LogP) is 2.72. The Hall–Kier alpha value is -0.610. The van der Waals surface area contributed by atoms with Gasteiger partial charge in [-0.25, -0.2) is 0 Å². The Kier molecular flexibility index (Phi) is 4.28. The quantitative estimate of drug-likeness (QED) is 0.766. The van der Waals surface area contributed by atoms with E-state index in [4.69, 9.17) is 9.47 Å². The van der Waals surface area contributed by atoms with Crippen molar-refractivity contribution in [3.8, 4) is 0 Å². The van der Waals surface area contributed by atoms with Gasteiger partial charge in [-0.2, -0.15) is 0 Å². The highest BCUT2D eigenvalue weighted by Gasteiger charge is 2.51. The molecule has 0 spiro atoms. The zero-order valence-electron chi connectivity index (χ0n) is 13.6. The average molecular weight is 295 g/mol. The van der Waals surface area contributed by atoms with Crippen LogP contribution < -0.4 is 5.32 Å². The maximum Gasteiger partial charge on any atom is 0.220 e. The Morgan fingerprint density at radius 3 is 2.00 bits per heavy atom. The lowest BCUT2D eigenvalue weighted by atomic mass is 9.49. The van der Waals surface area contributed by atoms with Gasteiger partial charge < -0.3 is 14.8 Å². The standard InChI is InChI=1S/C17H29NO3/c1-11(16(20-2)21-3)18-15(19)10-17-7-12-4-13(8-17)6-14(5-12)9-17/h11-14,16H,4-10H2,1-3H3,(H,18,19). The molecule has 1 atom stereocenters. The topological polar surface area (TPSA) is 47.6 Å². The monoisotopic (exact) mass is 295 g/mol. The maximum atomic E-state index is 12.5. The lowest BCUT2D eigenvalue weighted by Crippen LogP contribution is -2.50. The highest BCUT2D eigenvalue weighted by atomic mass is 16.7. The fourth-order valence-electron chi connectivity index (χ4n) is 5.72. The molecule has 21 heavy (non-hydrogen) atoms. The van der Waals surface area contributed by atoms with Gasteiger partial charge in [-0.05, 0) is 68.6 Å². The van der Waals surface area contributed by atoms with E-state index in [9.17, 15) is 4.79 Å². The maximum absolute atomic E-state index is 12.5. The van der Waals surface area contributed by atoms with Crippen LogP contribution in [0.2, 0.25) is 0 Å². The fraction of sp³-hybridized carbons (Fsp3) is 0.941. The molecule has 0 heterocycles. The van der Waals surface area contributed by atoms with E-state index < -0.39 is 0 Å². The molecule has 0 saturated heterocycles. The summed E-state index contributed by atoms with van der Waals surface area (Å²) in [6.45, 7) is 1.94. The van der Waals surface area contributed by atoms with Gasteiger partial charge in [0.05, 0.1) is 6.04 Å². The van der Waals surface area contributed by atoms with Gasteiger partial charge in [-0.15, -0.1) is 0 Å². The number of hydrogen-bond acceptors (Lipinski definition) is 3. The van der Waals surface area contributed by atoms with Crippen molar-refractivity contribution in [2.75, 3.05) is 14.2 Å². The molecule has 4 heteroatoms. The Morgan fingerprint density at radius 1 is 1.10 bits per heavy atom. The van der Waals surface area contributed by atoms with Crippen molar-refractivity contribution < 1.29 is 14.3 Å². The van der Waals surface area contributed by atoms with Gasteiger partial charge in [0.2, 0.25) is 5.91 Å². The van der Waals surface area contributed by atoms with Crippen LogP contribution in [0.3, 0.4) is 0 Å². The molecule has 0 radical (unpaired) electrons. The van der Waals surface area contributed by atoms with Gasteiger partial charge >= 0.3 is 0 Å². The molecule has 120 valence electrons. The predicted molar refractivity (Wildman–Crippen MR) is 80.6 cm³/mol. The summed E-state index contributed by atoms with van der Waals surface area (Å²) >= 11 is 0. The molecule has 4 fully saturated rings. The molecule has 0 aromatic carbocycles. The van der Waals surface area contributed by atoms with Gasteiger partial charge in [0.1, 0.15) is 0 Å². The molecule has 1 N–H and O–H groups in total. The first-order chi connectivity index (χ1) is 10.0. The van der Waals surface area contributed by atoms with Crippen LogP contribution in [0.1, 0.15) is 51.9 Å². The number of carbonyl (C=O) groups is 1. The number of nitrogens with one attached hydrogen (secondary N) is 1. The Balaban J connectivity index is 1.57. The summed E-state index contributed by atoms with van der Waals surface area (Å²) in [4.78, 5) is 12.5. The van der Waals surface area contributed by atoms with Crippen molar-refractivity contribution in [3.05, 3.63) is 0 Å². The van der Waals surface area contributed by atoms with Gasteiger partial charge in [0.25, 0.3) is 0 Å². The van der Waals surface area contributed by atoms with Crippen molar-refractivity contribution in [2.24, 2.45) is 23.2 Å². The summed E-state index contributed by atoms with van der Waals surface area (Å²) in [7, 11) is 3.21. The van der Waals surface area contributed by atoms with E-state index in [1.807, 2.05) is 6.92 Å². The minimum atomic E-state index is -0.370. The lowest BCUT2D eigenvalue weighted by molar-refractivity contribution is -0.141. The molecule has 0 aromatic rings. The number of methoxy groups -OCH3 is 2. The summed E-state index contributed by atoms with van der Waals surface area (Å²) in [6, 6.07) is -0.110. The second-order valence-electron chi connectivity index (χ2n) is 7.79. The van der Waals surface area contributed by atoms with Crippen LogP contribution in [0.15, 0.2) is 0 Å². The van der Waals surface area contributed by atoms with Crippen molar-refractivity contribution in [3.63, 3.8) is 0 Å². The molecule has 1 amide bonds. The Labute approximate surface area is 127 Å². The van der Waals surface area contributed by atoms with Crippen LogP contribution in [0.5, 0.6) is 0 Å². The second kappa shape index (κ2) is 5.88. The molecular formula is C17H29NO3. The number of rotatable bonds is 6. The summed E-state index contributed by atoms with van der Waals surface area (Å²) in [6.07, 6.45) is 8.42. The molecule has 0 aliphatic heterocycles. The first-order valence-electron chi connectivity index (χ1n) is 8.38. The number of amides is 1. The number of hydrogen-bond donors (Lipinski definition) is 1. The molecule has 0 aromatic heterocycles. The normalized spacial score (nSPS) is 38.8. The van der Waals surface area contributed by atoms with Crippen LogP contribution in [-0.2, 0) is 14.3 Å². The van der Waals surface area contributed by atoms with Gasteiger partial charge in [0, 0.05) is 20.6 Å². The molecule has 4 nitrogen and oxygen atoms in total. The van der Waals surface area contributed by atoms with Gasteiger partial charge in [-0.3, -0.25) is 4.79 Å². The minimum absolute atomic E-state index is 0.110. The van der Waals surface area contributed by atoms with E-state index in [1.165, 1.54) is 38.5 Å². The first-order valence-corrected chi connectivity index (χ1v) is 8.38. The third kappa shape index (κ3) is 3.11. The highest BCUT2D eigenvalue weighted by molar-refractivity contribution is 5.77. The smallest absolute Gasteiger partial charge is 0.220 e. The summed E-state index contributed by atoms with van der Waals surface area (Å²) in [5, 5.41) is 3.07. The number of ether oxygens (including phenoxy) is 2. The fourth-order valence-corrected chi connectivity index (χ4v) is 5.72. The van der Waals surface area contributed by atoms with Crippen LogP contribution >= 0.6 is 0 Å². The summed E-state index contributed by atoms with van der Waals surface area (Å²) in [5.74, 6) is 2.86. The van der Waals surface area contributed by atoms with Gasteiger partial charge in [-0.1, -0.05) is 0 Å². The molecule has 4 bridgehead atoms. The molecule has 1 unspecified atom stereocenters. The largest absolute Gasteiger partial charge is 0.354 e. The zero-order chi connectivity index (χ0) is 15.0. The lowest BCUT2D eigenvalue weighted by Gasteiger charge is -2.56. The minimum Gasteiger partial charge on any atom is -0.354 e. The Bertz CT molecular complexity index is 356. The number of carbonyl (C=O) groups excluding carboxylic acids is 1. The molecule has 4 aliphatic rings. The van der Waals surface area contributed by atoms with E-state index in [2.05, 4.69) is 5.32 Å². The van der Waals surface area contributed by atoms with Crippen LogP contribution in [0.4, 0.5) is 0 Å². The van der Waals surface area contributed by atoms with Crippen molar-refractivity contribution in [1.29, 1.82) is 0 Å². The van der Waals surface area contributed by atoms with Crippen molar-refractivity contribution >= 4 is 5.91 Å². The van der Waals surface area contributed by atoms with Crippen molar-refractivity contribution in [1.82, 2.24) is 5.32 Å². The molecule has 4 aliphatic carbocycles.